The van der Waals surface area contributed by atoms with Crippen LogP contribution in [0.3, 0.4) is 0 Å². The Bertz CT molecular complexity index is 5910. The van der Waals surface area contributed by atoms with Gasteiger partial charge in [0.05, 0.1) is 48.5 Å². The average molecular weight is 1890 g/mol. The molecule has 0 bridgehead atoms. The van der Waals surface area contributed by atoms with Crippen molar-refractivity contribution in [2.75, 3.05) is 18.9 Å². The largest absolute Gasteiger partial charge is 0.619 e. The fourth-order valence-corrected chi connectivity index (χ4v) is 15.3. The van der Waals surface area contributed by atoms with Gasteiger partial charge in [-0.25, -0.2) is 33.7 Å². The molecule has 0 saturated carbocycles. The predicted octanol–water partition coefficient (Wildman–Crippen LogP) is 23.7. The number of benzene rings is 8. The van der Waals surface area contributed by atoms with Gasteiger partial charge in [0, 0.05) is 70.3 Å². The zero-order valence-corrected chi connectivity index (χ0v) is 87.0. The Balaban J connectivity index is 0. The summed E-state index contributed by atoms with van der Waals surface area (Å²) in [5, 5.41) is 41.3. The van der Waals surface area contributed by atoms with E-state index in [0.717, 1.165) is 66.8 Å². The van der Waals surface area contributed by atoms with Crippen molar-refractivity contribution in [3.05, 3.63) is 346 Å². The normalized spacial score (nSPS) is 10.0. The van der Waals surface area contributed by atoms with Crippen LogP contribution in [0.4, 0.5) is 22.7 Å². The van der Waals surface area contributed by atoms with Crippen LogP contribution >= 0.6 is 0 Å². The van der Waals surface area contributed by atoms with Crippen molar-refractivity contribution in [1.82, 2.24) is 25.6 Å². The van der Waals surface area contributed by atoms with E-state index in [-0.39, 0.29) is 87.5 Å². The van der Waals surface area contributed by atoms with E-state index >= 15 is 0 Å². The molecule has 0 saturated heterocycles. The SMILES string of the molecule is CC.CC.CC.CC.CC.CC.CC.CC.CC.CC.Cc1ccc(S(=O)(=O)Nc2cc(C)c(C)cc2C(=O)c2cc[n+]([O-])c(C)c2)cc1.Cc1ccc(S(=O)(=O)Nc2cc(C)c(C)cc2C(=O)c2cc[n+]([O-])cc2C)cc1.Cc1ccc(S(=O)(=O)Nc2cc(C)c(C)cc2C(=O)c2cccnn2)cc1.Cc1ccc(S(=O)(=O)Nc2cc(C)c(C)cc2C(=O)c2ccnnn2)cc1. The fraction of sp³-hybridized carbons (Fsp3) is 0.330. The van der Waals surface area contributed by atoms with Crippen molar-refractivity contribution in [2.24, 2.45) is 0 Å². The van der Waals surface area contributed by atoms with E-state index in [1.807, 2.05) is 222 Å². The summed E-state index contributed by atoms with van der Waals surface area (Å²) in [7, 11) is -15.4. The molecule has 0 aliphatic carbocycles. The number of carbonyl (C=O) groups excluding carboxylic acids is 4. The topological polar surface area (TPSA) is 371 Å². The van der Waals surface area contributed by atoms with Crippen molar-refractivity contribution in [2.45, 2.75) is 255 Å². The van der Waals surface area contributed by atoms with Gasteiger partial charge < -0.3 is 10.4 Å². The third-order valence-corrected chi connectivity index (χ3v) is 23.6. The highest BCUT2D eigenvalue weighted by Gasteiger charge is 2.28. The van der Waals surface area contributed by atoms with E-state index in [4.69, 9.17) is 0 Å². The van der Waals surface area contributed by atoms with Gasteiger partial charge in [-0.15, -0.1) is 15.3 Å². The molecule has 716 valence electrons. The second-order valence-electron chi connectivity index (χ2n) is 26.8. The summed E-state index contributed by atoms with van der Waals surface area (Å²) < 4.78 is 114. The zero-order valence-electron chi connectivity index (χ0n) is 83.7. The Morgan fingerprint density at radius 2 is 0.561 bits per heavy atom. The first-order valence-corrected chi connectivity index (χ1v) is 50.5. The minimum absolute atomic E-state index is 0.0871. The molecule has 0 spiro atoms. The minimum atomic E-state index is -3.87. The number of carbonyl (C=O) groups is 4. The second kappa shape index (κ2) is 61.1. The van der Waals surface area contributed by atoms with E-state index in [2.05, 4.69) is 44.5 Å². The Morgan fingerprint density at radius 1 is 0.280 bits per heavy atom. The summed E-state index contributed by atoms with van der Waals surface area (Å²) in [5.74, 6) is -1.55. The quantitative estimate of drug-likeness (QED) is 0.0313. The van der Waals surface area contributed by atoms with E-state index in [1.165, 1.54) is 104 Å². The highest BCUT2D eigenvalue weighted by Crippen LogP contribution is 2.32. The van der Waals surface area contributed by atoms with E-state index in [0.29, 0.717) is 31.8 Å². The molecule has 0 atom stereocenters. The molecule has 29 heteroatoms. The van der Waals surface area contributed by atoms with Crippen LogP contribution in [-0.4, -0.2) is 82.4 Å². The van der Waals surface area contributed by atoms with Gasteiger partial charge in [-0.1, -0.05) is 209 Å². The lowest BCUT2D eigenvalue weighted by atomic mass is 9.96. The van der Waals surface area contributed by atoms with Gasteiger partial charge in [-0.05, 0) is 255 Å². The van der Waals surface area contributed by atoms with Crippen molar-refractivity contribution in [1.29, 1.82) is 0 Å². The maximum absolute atomic E-state index is 13.2. The van der Waals surface area contributed by atoms with Crippen LogP contribution in [0.25, 0.3) is 0 Å². The van der Waals surface area contributed by atoms with E-state index in [1.54, 1.807) is 123 Å². The Labute approximate surface area is 788 Å². The Morgan fingerprint density at radius 3 is 0.826 bits per heavy atom. The van der Waals surface area contributed by atoms with Gasteiger partial charge in [0.1, 0.15) is 11.4 Å². The van der Waals surface area contributed by atoms with Crippen LogP contribution in [-0.2, 0) is 40.1 Å². The van der Waals surface area contributed by atoms with Crippen LogP contribution < -0.4 is 28.3 Å². The van der Waals surface area contributed by atoms with Crippen LogP contribution in [0.2, 0.25) is 0 Å². The molecule has 0 amide bonds. The molecule has 0 unspecified atom stereocenters. The number of anilines is 4. The van der Waals surface area contributed by atoms with Crippen LogP contribution in [0.15, 0.2) is 233 Å². The molecule has 4 aromatic heterocycles. The molecule has 0 aliphatic rings. The van der Waals surface area contributed by atoms with Gasteiger partial charge in [-0.3, -0.25) is 38.1 Å². The molecule has 132 heavy (non-hydrogen) atoms. The van der Waals surface area contributed by atoms with Gasteiger partial charge in [0.2, 0.25) is 11.6 Å². The van der Waals surface area contributed by atoms with Crippen LogP contribution in [0, 0.1) is 107 Å². The molecule has 12 rings (SSSR count). The summed E-state index contributed by atoms with van der Waals surface area (Å²) in [6.45, 7) is 65.6. The summed E-state index contributed by atoms with van der Waals surface area (Å²) in [6.07, 6.45) is 6.65. The van der Waals surface area contributed by atoms with Gasteiger partial charge in [0.25, 0.3) is 40.1 Å². The number of nitrogens with one attached hydrogen (secondary N) is 4. The predicted molar refractivity (Wildman–Crippen MR) is 541 cm³/mol. The highest BCUT2D eigenvalue weighted by atomic mass is 32.2. The van der Waals surface area contributed by atoms with Gasteiger partial charge in [-0.2, -0.15) is 14.6 Å². The number of hydrogen-bond acceptors (Lipinski definition) is 19. The summed E-state index contributed by atoms with van der Waals surface area (Å²) in [5.41, 5.74) is 14.2. The van der Waals surface area contributed by atoms with Crippen molar-refractivity contribution >= 4 is 86.0 Å². The number of aromatic nitrogens is 7. The third-order valence-electron chi connectivity index (χ3n) is 18.1. The monoisotopic (exact) mass is 1880 g/mol. The molecule has 4 N–H and O–H groups in total. The molecule has 25 nitrogen and oxygen atoms in total. The minimum Gasteiger partial charge on any atom is -0.619 e. The lowest BCUT2D eigenvalue weighted by molar-refractivity contribution is -0.612. The molecule has 0 aliphatic heterocycles. The number of sulfonamides is 4. The first-order valence-electron chi connectivity index (χ1n) is 44.6. The summed E-state index contributed by atoms with van der Waals surface area (Å²) in [4.78, 5) is 52.5. The molecule has 12 aromatic rings. The highest BCUT2D eigenvalue weighted by molar-refractivity contribution is 7.93. The Kier molecular flexibility index (Phi) is 56.3. The van der Waals surface area contributed by atoms with Crippen LogP contribution in [0.1, 0.15) is 280 Å². The molecule has 4 heterocycles. The molecule has 8 aromatic carbocycles. The zero-order chi connectivity index (χ0) is 102. The van der Waals surface area contributed by atoms with Crippen LogP contribution in [0.5, 0.6) is 0 Å². The van der Waals surface area contributed by atoms with Gasteiger partial charge in [0.15, 0.2) is 35.9 Å². The number of rotatable bonds is 20. The first kappa shape index (κ1) is 121. The number of aryl methyl sites for hydroxylation is 14. The van der Waals surface area contributed by atoms with Crippen molar-refractivity contribution in [3.8, 4) is 0 Å². The van der Waals surface area contributed by atoms with E-state index in [9.17, 15) is 63.3 Å². The second-order valence-corrected chi connectivity index (χ2v) is 33.5. The first-order chi connectivity index (χ1) is 62.7. The summed E-state index contributed by atoms with van der Waals surface area (Å²) in [6, 6.07) is 48.1. The number of ketones is 4. The molecular formula is C103H141N11O14S4. The van der Waals surface area contributed by atoms with Gasteiger partial charge >= 0.3 is 0 Å². The lowest BCUT2D eigenvalue weighted by Crippen LogP contribution is -2.29. The molecular weight excluding hydrogens is 1740 g/mol. The maximum Gasteiger partial charge on any atom is 0.261 e. The van der Waals surface area contributed by atoms with E-state index < -0.39 is 51.7 Å². The smallest absolute Gasteiger partial charge is 0.261 e. The molecule has 0 fully saturated rings. The van der Waals surface area contributed by atoms with Crippen molar-refractivity contribution < 1.29 is 62.3 Å². The van der Waals surface area contributed by atoms with Crippen molar-refractivity contribution in [3.63, 3.8) is 0 Å². The Hall–Kier alpha value is -12.6. The molecule has 0 radical (unpaired) electrons. The maximum atomic E-state index is 13.2. The number of hydrogen-bond donors (Lipinski definition) is 4. The number of nitrogens with zero attached hydrogens (tertiary/aromatic N) is 7. The fourth-order valence-electron chi connectivity index (χ4n) is 11.0. The average Bonchev–Trinajstić information content (AvgIpc) is 0.805. The number of pyridine rings is 2. The summed E-state index contributed by atoms with van der Waals surface area (Å²) >= 11 is 0. The third kappa shape index (κ3) is 36.3. The standard InChI is InChI=1S/2C22H22N2O4S.C20H19N3O3S.C19H18N4O3S.10C2H6/c1-14-5-7-19(8-6-14)29(27,28)23-21-12-16(3)15(2)11-20(21)22(25)18-9-10-24(26)17(4)13-18;1-14-5-7-18(8-6-14)29(27,28)23-21-12-16(3)15(2)11-20(21)22(25)19-9-10-24(26)13-17(19)4;1-13-6-8-16(9-7-13)27(25,26)23-19-12-15(3)14(2)11-17(19)20(24)18-5-4-10-21-22-18;1-12-4-6-15(7-5-12)27(25,26)22-18-11-14(3)13(2)10-16(18)19(24)17-8-9-20-23-21-17;10*1-2/h2*5-13,23H,1-4H3;4-12,23H,1-3H3;4-11,22H,1-3H3;10*1-2H3. The lowest BCUT2D eigenvalue weighted by Gasteiger charge is -2.15.